The maximum absolute atomic E-state index is 13.5. The first-order valence-corrected chi connectivity index (χ1v) is 4.88. The summed E-state index contributed by atoms with van der Waals surface area (Å²) in [7, 11) is 0. The highest BCUT2D eigenvalue weighted by atomic mass is 19.2. The van der Waals surface area contributed by atoms with Gasteiger partial charge in [0.25, 0.3) is 0 Å². The van der Waals surface area contributed by atoms with Gasteiger partial charge < -0.3 is 5.11 Å². The van der Waals surface area contributed by atoms with Crippen molar-refractivity contribution in [1.82, 2.24) is 9.78 Å². The van der Waals surface area contributed by atoms with Gasteiger partial charge in [-0.05, 0) is 0 Å². The van der Waals surface area contributed by atoms with Gasteiger partial charge in [0, 0.05) is 24.4 Å². The van der Waals surface area contributed by atoms with Crippen LogP contribution in [0, 0.1) is 17.5 Å². The molecule has 5 nitrogen and oxygen atoms in total. The van der Waals surface area contributed by atoms with Gasteiger partial charge in [-0.25, -0.2) is 22.6 Å². The molecule has 0 bridgehead atoms. The van der Waals surface area contributed by atoms with Gasteiger partial charge in [-0.2, -0.15) is 5.10 Å². The van der Waals surface area contributed by atoms with Crippen LogP contribution in [0.1, 0.15) is 10.5 Å². The van der Waals surface area contributed by atoms with Crippen LogP contribution in [-0.4, -0.2) is 20.9 Å². The normalized spacial score (nSPS) is 10.5. The topological polar surface area (TPSA) is 72.2 Å². The molecule has 0 unspecified atom stereocenters. The van der Waals surface area contributed by atoms with Gasteiger partial charge in [0.2, 0.25) is 11.1 Å². The minimum Gasteiger partial charge on any atom is -0.476 e. The summed E-state index contributed by atoms with van der Waals surface area (Å²) < 4.78 is 40.1. The lowest BCUT2D eigenvalue weighted by Crippen LogP contribution is -2.20. The molecule has 0 spiro atoms. The third-order valence-electron chi connectivity index (χ3n) is 2.23. The average Bonchev–Trinajstić information content (AvgIpc) is 2.34. The van der Waals surface area contributed by atoms with Gasteiger partial charge in [0.05, 0.1) is 0 Å². The molecule has 0 amide bonds. The van der Waals surface area contributed by atoms with Crippen LogP contribution in [0.4, 0.5) is 13.2 Å². The van der Waals surface area contributed by atoms with Crippen LogP contribution in [0.2, 0.25) is 0 Å². The Morgan fingerprint density at radius 3 is 2.58 bits per heavy atom. The van der Waals surface area contributed by atoms with Crippen LogP contribution >= 0.6 is 0 Å². The van der Waals surface area contributed by atoms with E-state index in [0.717, 1.165) is 12.3 Å². The number of carboxylic acids is 1. The lowest BCUT2D eigenvalue weighted by molar-refractivity contribution is 0.0686. The Balaban J connectivity index is 2.69. The van der Waals surface area contributed by atoms with E-state index < -0.39 is 40.2 Å². The lowest BCUT2D eigenvalue weighted by atomic mass is 10.3. The van der Waals surface area contributed by atoms with Crippen LogP contribution in [0.3, 0.4) is 0 Å². The molecule has 8 heteroatoms. The molecule has 2 rings (SSSR count). The average molecular weight is 270 g/mol. The van der Waals surface area contributed by atoms with E-state index in [0.29, 0.717) is 16.8 Å². The Labute approximate surface area is 103 Å². The molecule has 0 aliphatic rings. The zero-order chi connectivity index (χ0) is 14.2. The number of rotatable bonds is 2. The number of aromatic nitrogens is 2. The van der Waals surface area contributed by atoms with Gasteiger partial charge >= 0.3 is 5.97 Å². The second-order valence-electron chi connectivity index (χ2n) is 3.50. The summed E-state index contributed by atoms with van der Waals surface area (Å²) in [5.41, 5.74) is -2.42. The van der Waals surface area contributed by atoms with Crippen molar-refractivity contribution in [2.24, 2.45) is 0 Å². The number of hydrogen-bond acceptors (Lipinski definition) is 3. The highest BCUT2D eigenvalue weighted by molar-refractivity contribution is 5.84. The lowest BCUT2D eigenvalue weighted by Gasteiger charge is -2.07. The molecule has 0 radical (unpaired) electrons. The Hall–Kier alpha value is -2.64. The summed E-state index contributed by atoms with van der Waals surface area (Å²) in [5.74, 6) is -5.55. The fourth-order valence-corrected chi connectivity index (χ4v) is 1.40. The van der Waals surface area contributed by atoms with E-state index in [9.17, 15) is 22.8 Å². The Bertz CT molecular complexity index is 728. The zero-order valence-electron chi connectivity index (χ0n) is 9.10. The monoisotopic (exact) mass is 270 g/mol. The van der Waals surface area contributed by atoms with Crippen molar-refractivity contribution in [2.45, 2.75) is 0 Å². The van der Waals surface area contributed by atoms with Crippen LogP contribution < -0.4 is 5.43 Å². The first-order valence-electron chi connectivity index (χ1n) is 4.88. The van der Waals surface area contributed by atoms with Crippen LogP contribution in [-0.2, 0) is 0 Å². The highest BCUT2D eigenvalue weighted by Gasteiger charge is 2.16. The summed E-state index contributed by atoms with van der Waals surface area (Å²) in [6, 6.07) is 1.76. The Morgan fingerprint density at radius 2 is 1.95 bits per heavy atom. The largest absolute Gasteiger partial charge is 0.476 e. The fraction of sp³-hybridized carbons (Fsp3) is 0. The number of carbonyl (C=O) groups is 1. The molecule has 1 aromatic carbocycles. The highest BCUT2D eigenvalue weighted by Crippen LogP contribution is 2.17. The molecular formula is C11H5F3N2O3. The zero-order valence-corrected chi connectivity index (χ0v) is 9.10. The van der Waals surface area contributed by atoms with Gasteiger partial charge in [-0.15, -0.1) is 0 Å². The predicted octanol–water partition coefficient (Wildman–Crippen LogP) is 1.35. The minimum atomic E-state index is -1.63. The molecule has 0 aliphatic heterocycles. The molecule has 0 aliphatic carbocycles. The number of aromatic carboxylic acids is 1. The van der Waals surface area contributed by atoms with E-state index in [2.05, 4.69) is 5.10 Å². The molecule has 1 N–H and O–H groups in total. The number of nitrogens with zero attached hydrogens (tertiary/aromatic N) is 2. The summed E-state index contributed by atoms with van der Waals surface area (Å²) in [6.07, 6.45) is 0.909. The maximum Gasteiger partial charge on any atom is 0.360 e. The van der Waals surface area contributed by atoms with Crippen molar-refractivity contribution in [3.05, 3.63) is 57.8 Å². The van der Waals surface area contributed by atoms with Crippen molar-refractivity contribution in [3.8, 4) is 5.69 Å². The summed E-state index contributed by atoms with van der Waals surface area (Å²) >= 11 is 0. The molecule has 0 atom stereocenters. The van der Waals surface area contributed by atoms with Gasteiger partial charge in [0.15, 0.2) is 11.6 Å². The summed E-state index contributed by atoms with van der Waals surface area (Å²) in [6.45, 7) is 0. The van der Waals surface area contributed by atoms with Gasteiger partial charge in [0.1, 0.15) is 11.5 Å². The van der Waals surface area contributed by atoms with E-state index in [1.165, 1.54) is 0 Å². The third kappa shape index (κ3) is 2.32. The molecule has 19 heavy (non-hydrogen) atoms. The third-order valence-corrected chi connectivity index (χ3v) is 2.23. The molecule has 0 fully saturated rings. The second kappa shape index (κ2) is 4.56. The molecule has 1 heterocycles. The van der Waals surface area contributed by atoms with E-state index in [4.69, 9.17) is 5.11 Å². The molecule has 1 aromatic heterocycles. The summed E-state index contributed by atoms with van der Waals surface area (Å²) in [4.78, 5) is 21.9. The first kappa shape index (κ1) is 12.8. The van der Waals surface area contributed by atoms with Crippen molar-refractivity contribution in [2.75, 3.05) is 0 Å². The fourth-order valence-electron chi connectivity index (χ4n) is 1.40. The molecule has 2 aromatic rings. The molecule has 0 saturated carbocycles. The van der Waals surface area contributed by atoms with Crippen LogP contribution in [0.25, 0.3) is 5.69 Å². The standard InChI is InChI=1S/C11H5F3N2O3/c12-5-3-6(13)9(14)7(4-5)16-2-1-8(17)10(15-16)11(18)19/h1-4H,(H,18,19). The van der Waals surface area contributed by atoms with Crippen LogP contribution in [0.5, 0.6) is 0 Å². The smallest absolute Gasteiger partial charge is 0.360 e. The quantitative estimate of drug-likeness (QED) is 0.836. The number of carboxylic acid groups (broad SMARTS) is 1. The van der Waals surface area contributed by atoms with E-state index >= 15 is 0 Å². The molecule has 98 valence electrons. The van der Waals surface area contributed by atoms with Crippen molar-refractivity contribution >= 4 is 5.97 Å². The Kier molecular flexibility index (Phi) is 3.07. The minimum absolute atomic E-state index is 0.333. The van der Waals surface area contributed by atoms with E-state index in [1.807, 2.05) is 0 Å². The van der Waals surface area contributed by atoms with Crippen molar-refractivity contribution < 1.29 is 23.1 Å². The Morgan fingerprint density at radius 1 is 1.26 bits per heavy atom. The van der Waals surface area contributed by atoms with Crippen LogP contribution in [0.15, 0.2) is 29.2 Å². The number of hydrogen-bond donors (Lipinski definition) is 1. The predicted molar refractivity (Wildman–Crippen MR) is 56.7 cm³/mol. The maximum atomic E-state index is 13.5. The van der Waals surface area contributed by atoms with E-state index in [-0.39, 0.29) is 0 Å². The van der Waals surface area contributed by atoms with Crippen molar-refractivity contribution in [3.63, 3.8) is 0 Å². The second-order valence-corrected chi connectivity index (χ2v) is 3.50. The number of benzene rings is 1. The SMILES string of the molecule is O=C(O)c1nn(-c2cc(F)cc(F)c2F)ccc1=O. The van der Waals surface area contributed by atoms with E-state index in [1.54, 1.807) is 0 Å². The van der Waals surface area contributed by atoms with Crippen molar-refractivity contribution in [1.29, 1.82) is 0 Å². The molecule has 0 saturated heterocycles. The van der Waals surface area contributed by atoms with Gasteiger partial charge in [-0.1, -0.05) is 0 Å². The van der Waals surface area contributed by atoms with Gasteiger partial charge in [-0.3, -0.25) is 4.79 Å². The first-order chi connectivity index (χ1) is 8.90. The summed E-state index contributed by atoms with van der Waals surface area (Å²) in [5, 5.41) is 12.0. The number of halogens is 3. The molecular weight excluding hydrogens is 265 g/mol.